The number of esters is 2. The van der Waals surface area contributed by atoms with Crippen LogP contribution in [0.2, 0.25) is 0 Å². The van der Waals surface area contributed by atoms with Crippen molar-refractivity contribution in [2.75, 3.05) is 0 Å². The van der Waals surface area contributed by atoms with Crippen molar-refractivity contribution >= 4 is 11.9 Å². The second-order valence-corrected chi connectivity index (χ2v) is 9.04. The van der Waals surface area contributed by atoms with Gasteiger partial charge in [0.1, 0.15) is 24.4 Å². The molecule has 0 unspecified atom stereocenters. The average molecular weight is 398 g/mol. The Morgan fingerprint density at radius 2 is 1.50 bits per heavy atom. The third-order valence-electron chi connectivity index (χ3n) is 6.88. The maximum absolute atomic E-state index is 12.1. The van der Waals surface area contributed by atoms with Crippen LogP contribution in [0.3, 0.4) is 0 Å². The summed E-state index contributed by atoms with van der Waals surface area (Å²) in [7, 11) is 0. The average Bonchev–Trinajstić information content (AvgIpc) is 3.06. The first-order valence-corrected chi connectivity index (χ1v) is 9.78. The molecule has 0 aromatic rings. The van der Waals surface area contributed by atoms with Crippen molar-refractivity contribution in [1.82, 2.24) is 0 Å². The van der Waals surface area contributed by atoms with E-state index in [9.17, 15) is 30.0 Å². The molecule has 0 radical (unpaired) electrons. The fourth-order valence-corrected chi connectivity index (χ4v) is 4.67. The highest BCUT2D eigenvalue weighted by atomic mass is 16.6. The molecule has 2 aliphatic heterocycles. The molecule has 0 bridgehead atoms. The van der Waals surface area contributed by atoms with Crippen LogP contribution in [0.5, 0.6) is 0 Å². The Morgan fingerprint density at radius 1 is 0.964 bits per heavy atom. The Bertz CT molecular complexity index is 667. The number of aliphatic hydroxyl groups is 4. The minimum Gasteiger partial charge on any atom is -0.459 e. The first kappa shape index (κ1) is 21.2. The van der Waals surface area contributed by atoms with Gasteiger partial charge in [-0.3, -0.25) is 4.79 Å². The van der Waals surface area contributed by atoms with Crippen molar-refractivity contribution < 1.29 is 39.5 Å². The Balaban J connectivity index is 1.96. The van der Waals surface area contributed by atoms with E-state index in [0.717, 1.165) is 0 Å². The first-order chi connectivity index (χ1) is 12.9. The highest BCUT2D eigenvalue weighted by Gasteiger charge is 2.54. The predicted octanol–water partition coefficient (Wildman–Crippen LogP) is 0.0597. The summed E-state index contributed by atoms with van der Waals surface area (Å²) in [6.07, 6.45) is -3.95. The van der Waals surface area contributed by atoms with Gasteiger partial charge in [-0.2, -0.15) is 0 Å². The van der Waals surface area contributed by atoms with Crippen molar-refractivity contribution in [1.29, 1.82) is 0 Å². The maximum Gasteiger partial charge on any atom is 0.334 e. The van der Waals surface area contributed by atoms with Crippen LogP contribution in [0.25, 0.3) is 0 Å². The molecule has 158 valence electrons. The lowest BCUT2D eigenvalue weighted by Gasteiger charge is -2.39. The molecule has 3 fully saturated rings. The molecule has 1 aliphatic carbocycles. The lowest BCUT2D eigenvalue weighted by Crippen LogP contribution is -2.53. The van der Waals surface area contributed by atoms with Gasteiger partial charge in [-0.15, -0.1) is 0 Å². The van der Waals surface area contributed by atoms with Gasteiger partial charge in [-0.1, -0.05) is 13.5 Å². The van der Waals surface area contributed by atoms with E-state index < -0.39 is 65.3 Å². The van der Waals surface area contributed by atoms with E-state index in [2.05, 4.69) is 6.58 Å². The van der Waals surface area contributed by atoms with Gasteiger partial charge in [0, 0.05) is 17.4 Å². The van der Waals surface area contributed by atoms with Crippen LogP contribution >= 0.6 is 0 Å². The molecule has 0 spiro atoms. The number of hydrogen-bond acceptors (Lipinski definition) is 8. The standard InChI is InChI=1S/C20H30O8/c1-9-11-5-7-19(3,25)16(22)14-12(10(2)18(24)28-14)6-8-20(4,26)15(21)13(11)27-17(9)23/h10-16,21-22,25-26H,1,5-8H2,2-4H3/t10-,11-,12-,13+,14+,15-,16+,19+,20+/m1/s1. The number of aliphatic hydroxyl groups excluding tert-OH is 2. The molecule has 28 heavy (non-hydrogen) atoms. The van der Waals surface area contributed by atoms with Gasteiger partial charge in [0.25, 0.3) is 0 Å². The zero-order valence-corrected chi connectivity index (χ0v) is 16.5. The quantitative estimate of drug-likeness (QED) is 0.332. The van der Waals surface area contributed by atoms with E-state index in [0.29, 0.717) is 0 Å². The van der Waals surface area contributed by atoms with Gasteiger partial charge >= 0.3 is 11.9 Å². The summed E-state index contributed by atoms with van der Waals surface area (Å²) >= 11 is 0. The van der Waals surface area contributed by atoms with Crippen molar-refractivity contribution in [2.45, 2.75) is 82.1 Å². The fraction of sp³-hybridized carbons (Fsp3) is 0.800. The number of ether oxygens (including phenoxy) is 2. The van der Waals surface area contributed by atoms with E-state index in [-0.39, 0.29) is 31.3 Å². The third kappa shape index (κ3) is 3.47. The Hall–Kier alpha value is -1.48. The lowest BCUT2D eigenvalue weighted by molar-refractivity contribution is -0.168. The van der Waals surface area contributed by atoms with Gasteiger partial charge in [-0.05, 0) is 39.5 Å². The summed E-state index contributed by atoms with van der Waals surface area (Å²) < 4.78 is 10.6. The van der Waals surface area contributed by atoms with Crippen LogP contribution in [0, 0.1) is 17.8 Å². The number of hydrogen-bond donors (Lipinski definition) is 4. The first-order valence-electron chi connectivity index (χ1n) is 9.78. The van der Waals surface area contributed by atoms with Gasteiger partial charge in [-0.25, -0.2) is 4.79 Å². The minimum absolute atomic E-state index is 0.0645. The Morgan fingerprint density at radius 3 is 2.11 bits per heavy atom. The normalized spacial score (nSPS) is 50.1. The lowest BCUT2D eigenvalue weighted by atomic mass is 9.73. The van der Waals surface area contributed by atoms with Gasteiger partial charge in [0.05, 0.1) is 17.1 Å². The molecular formula is C20H30O8. The molecule has 9 atom stereocenters. The molecule has 0 aromatic carbocycles. The highest BCUT2D eigenvalue weighted by molar-refractivity contribution is 5.90. The van der Waals surface area contributed by atoms with Crippen LogP contribution < -0.4 is 0 Å². The van der Waals surface area contributed by atoms with Crippen LogP contribution in [-0.2, 0) is 19.1 Å². The van der Waals surface area contributed by atoms with Gasteiger partial charge in [0.2, 0.25) is 0 Å². The van der Waals surface area contributed by atoms with E-state index in [1.54, 1.807) is 6.92 Å². The Kier molecular flexibility index (Phi) is 5.38. The van der Waals surface area contributed by atoms with Crippen LogP contribution in [-0.4, -0.2) is 68.0 Å². The zero-order chi connectivity index (χ0) is 21.0. The molecule has 2 saturated heterocycles. The Labute approximate surface area is 164 Å². The second-order valence-electron chi connectivity index (χ2n) is 9.04. The summed E-state index contributed by atoms with van der Waals surface area (Å²) in [5.74, 6) is -2.64. The number of rotatable bonds is 0. The number of fused-ring (bicyclic) bond motifs is 2. The summed E-state index contributed by atoms with van der Waals surface area (Å²) in [6, 6.07) is 0. The van der Waals surface area contributed by atoms with Crippen molar-refractivity contribution in [3.8, 4) is 0 Å². The van der Waals surface area contributed by atoms with Crippen molar-refractivity contribution in [3.05, 3.63) is 12.2 Å². The summed E-state index contributed by atoms with van der Waals surface area (Å²) in [5.41, 5.74) is -3.01. The van der Waals surface area contributed by atoms with Gasteiger partial charge in [0.15, 0.2) is 0 Å². The van der Waals surface area contributed by atoms with E-state index >= 15 is 0 Å². The molecule has 4 N–H and O–H groups in total. The number of carbonyl (C=O) groups is 2. The molecule has 8 heteroatoms. The largest absolute Gasteiger partial charge is 0.459 e. The topological polar surface area (TPSA) is 134 Å². The molecule has 0 aromatic heterocycles. The minimum atomic E-state index is -1.59. The zero-order valence-electron chi connectivity index (χ0n) is 16.5. The predicted molar refractivity (Wildman–Crippen MR) is 96.8 cm³/mol. The maximum atomic E-state index is 12.1. The van der Waals surface area contributed by atoms with Crippen molar-refractivity contribution in [3.63, 3.8) is 0 Å². The van der Waals surface area contributed by atoms with Crippen LogP contribution in [0.15, 0.2) is 12.2 Å². The summed E-state index contributed by atoms with van der Waals surface area (Å²) in [6.45, 7) is 8.33. The molecule has 3 rings (SSSR count). The van der Waals surface area contributed by atoms with Crippen LogP contribution in [0.1, 0.15) is 46.5 Å². The van der Waals surface area contributed by atoms with E-state index in [1.165, 1.54) is 13.8 Å². The molecule has 3 aliphatic rings. The van der Waals surface area contributed by atoms with Gasteiger partial charge < -0.3 is 29.9 Å². The summed E-state index contributed by atoms with van der Waals surface area (Å²) in [5, 5.41) is 43.4. The van der Waals surface area contributed by atoms with Crippen LogP contribution in [0.4, 0.5) is 0 Å². The summed E-state index contributed by atoms with van der Waals surface area (Å²) in [4.78, 5) is 24.1. The van der Waals surface area contributed by atoms with Crippen molar-refractivity contribution in [2.24, 2.45) is 17.8 Å². The molecular weight excluding hydrogens is 368 g/mol. The highest BCUT2D eigenvalue weighted by Crippen LogP contribution is 2.43. The molecule has 2 heterocycles. The van der Waals surface area contributed by atoms with E-state index in [4.69, 9.17) is 9.47 Å². The third-order valence-corrected chi connectivity index (χ3v) is 6.88. The fourth-order valence-electron chi connectivity index (χ4n) is 4.67. The van der Waals surface area contributed by atoms with E-state index in [1.807, 2.05) is 0 Å². The monoisotopic (exact) mass is 398 g/mol. The molecule has 0 amide bonds. The second kappa shape index (κ2) is 7.09. The number of carbonyl (C=O) groups excluding carboxylic acids is 2. The smallest absolute Gasteiger partial charge is 0.334 e. The SMILES string of the molecule is C=C1C(=O)O[C@H]2[C@@H]1CC[C@](C)(O)[C@@H](O)[C@H]1OC(=O)[C@H](C)[C@H]1CC[C@](C)(O)[C@@H]2O. The molecule has 8 nitrogen and oxygen atoms in total. The molecule has 1 saturated carbocycles.